The predicted octanol–water partition coefficient (Wildman–Crippen LogP) is 3.70. The van der Waals surface area contributed by atoms with Crippen molar-refractivity contribution in [3.63, 3.8) is 0 Å². The zero-order chi connectivity index (χ0) is 14.4. The number of ether oxygens (including phenoxy) is 2. The summed E-state index contributed by atoms with van der Waals surface area (Å²) in [5.74, 6) is 0.767. The van der Waals surface area contributed by atoms with Crippen LogP contribution in [0.5, 0.6) is 5.75 Å². The minimum absolute atomic E-state index is 0.206. The maximum absolute atomic E-state index is 10.9. The summed E-state index contributed by atoms with van der Waals surface area (Å²) in [6.45, 7) is 2.35. The molecule has 2 aromatic rings. The molecular formula is C16H18O3S. The topological polar surface area (TPSA) is 35.5 Å². The van der Waals surface area contributed by atoms with E-state index in [-0.39, 0.29) is 6.79 Å². The third-order valence-electron chi connectivity index (χ3n) is 2.98. The zero-order valence-corrected chi connectivity index (χ0v) is 12.5. The number of aldehydes is 1. The summed E-state index contributed by atoms with van der Waals surface area (Å²) in [5, 5.41) is 0. The molecule has 0 spiro atoms. The molecule has 0 aliphatic carbocycles. The van der Waals surface area contributed by atoms with E-state index in [0.717, 1.165) is 30.4 Å². The number of hydrogen-bond donors (Lipinski definition) is 0. The molecule has 4 heteroatoms. The fourth-order valence-corrected chi connectivity index (χ4v) is 2.95. The van der Waals surface area contributed by atoms with E-state index in [4.69, 9.17) is 9.47 Å². The molecular weight excluding hydrogens is 272 g/mol. The predicted molar refractivity (Wildman–Crippen MR) is 80.8 cm³/mol. The molecule has 0 aliphatic heterocycles. The van der Waals surface area contributed by atoms with Gasteiger partial charge in [0.25, 0.3) is 0 Å². The summed E-state index contributed by atoms with van der Waals surface area (Å²) in [4.78, 5) is 13.6. The number of rotatable bonds is 7. The Morgan fingerprint density at radius 2 is 2.00 bits per heavy atom. The molecule has 0 bridgehead atoms. The fourth-order valence-electron chi connectivity index (χ4n) is 1.97. The molecule has 3 nitrogen and oxygen atoms in total. The standard InChI is InChI=1S/C16H18O3S/c1-3-14-5-6-15(20-14)9-13-8-12(10-17)4-7-16(13)19-11-18-2/h4-8,10H,3,9,11H2,1-2H3. The van der Waals surface area contributed by atoms with Crippen LogP contribution in [0, 0.1) is 0 Å². The van der Waals surface area contributed by atoms with E-state index in [1.165, 1.54) is 9.75 Å². The van der Waals surface area contributed by atoms with Crippen LogP contribution in [-0.2, 0) is 17.6 Å². The van der Waals surface area contributed by atoms with Crippen LogP contribution in [0.1, 0.15) is 32.6 Å². The second kappa shape index (κ2) is 7.22. The van der Waals surface area contributed by atoms with Crippen molar-refractivity contribution in [2.45, 2.75) is 19.8 Å². The summed E-state index contributed by atoms with van der Waals surface area (Å²) >= 11 is 1.80. The van der Waals surface area contributed by atoms with Crippen LogP contribution >= 0.6 is 11.3 Å². The summed E-state index contributed by atoms with van der Waals surface area (Å²) in [5.41, 5.74) is 1.67. The lowest BCUT2D eigenvalue weighted by Gasteiger charge is -2.10. The molecule has 0 N–H and O–H groups in total. The highest BCUT2D eigenvalue weighted by Crippen LogP contribution is 2.26. The van der Waals surface area contributed by atoms with Gasteiger partial charge in [-0.05, 0) is 36.8 Å². The summed E-state index contributed by atoms with van der Waals surface area (Å²) in [6.07, 6.45) is 2.67. The highest BCUT2D eigenvalue weighted by Gasteiger charge is 2.08. The van der Waals surface area contributed by atoms with Crippen molar-refractivity contribution in [2.24, 2.45) is 0 Å². The molecule has 2 rings (SSSR count). The van der Waals surface area contributed by atoms with E-state index in [1.807, 2.05) is 12.1 Å². The van der Waals surface area contributed by atoms with E-state index >= 15 is 0 Å². The lowest BCUT2D eigenvalue weighted by atomic mass is 10.1. The van der Waals surface area contributed by atoms with Crippen molar-refractivity contribution < 1.29 is 14.3 Å². The Morgan fingerprint density at radius 1 is 1.20 bits per heavy atom. The SMILES string of the molecule is CCc1ccc(Cc2cc(C=O)ccc2OCOC)s1. The van der Waals surface area contributed by atoms with Crippen molar-refractivity contribution >= 4 is 17.6 Å². The first-order valence-electron chi connectivity index (χ1n) is 6.54. The van der Waals surface area contributed by atoms with Crippen molar-refractivity contribution in [1.29, 1.82) is 0 Å². The molecule has 0 atom stereocenters. The number of benzene rings is 1. The Labute approximate surface area is 123 Å². The quantitative estimate of drug-likeness (QED) is 0.576. The van der Waals surface area contributed by atoms with Gasteiger partial charge in [-0.3, -0.25) is 4.79 Å². The Bertz CT molecular complexity index is 575. The van der Waals surface area contributed by atoms with Crippen molar-refractivity contribution in [2.75, 3.05) is 13.9 Å². The monoisotopic (exact) mass is 290 g/mol. The fraction of sp³-hybridized carbons (Fsp3) is 0.312. The van der Waals surface area contributed by atoms with Gasteiger partial charge >= 0.3 is 0 Å². The Kier molecular flexibility index (Phi) is 5.32. The minimum Gasteiger partial charge on any atom is -0.467 e. The molecule has 1 aromatic carbocycles. The van der Waals surface area contributed by atoms with Gasteiger partial charge in [0.05, 0.1) is 0 Å². The lowest BCUT2D eigenvalue weighted by Crippen LogP contribution is -2.02. The third kappa shape index (κ3) is 3.68. The van der Waals surface area contributed by atoms with Crippen LogP contribution in [0.2, 0.25) is 0 Å². The molecule has 1 aromatic heterocycles. The Balaban J connectivity index is 2.24. The van der Waals surface area contributed by atoms with Gasteiger partial charge in [-0.15, -0.1) is 11.3 Å². The largest absolute Gasteiger partial charge is 0.467 e. The van der Waals surface area contributed by atoms with Crippen LogP contribution in [0.25, 0.3) is 0 Å². The molecule has 20 heavy (non-hydrogen) atoms. The van der Waals surface area contributed by atoms with Gasteiger partial charge in [0, 0.05) is 34.4 Å². The van der Waals surface area contributed by atoms with E-state index < -0.39 is 0 Å². The number of thiophene rings is 1. The average Bonchev–Trinajstić information content (AvgIpc) is 2.93. The lowest BCUT2D eigenvalue weighted by molar-refractivity contribution is 0.0505. The third-order valence-corrected chi connectivity index (χ3v) is 4.21. The van der Waals surface area contributed by atoms with E-state index in [2.05, 4.69) is 19.1 Å². The van der Waals surface area contributed by atoms with Gasteiger partial charge in [0.2, 0.25) is 0 Å². The Hall–Kier alpha value is -1.65. The normalized spacial score (nSPS) is 10.5. The van der Waals surface area contributed by atoms with Gasteiger partial charge < -0.3 is 9.47 Å². The number of carbonyl (C=O) groups excluding carboxylic acids is 1. The minimum atomic E-state index is 0.206. The number of hydrogen-bond acceptors (Lipinski definition) is 4. The maximum Gasteiger partial charge on any atom is 0.188 e. The number of aryl methyl sites for hydroxylation is 1. The molecule has 106 valence electrons. The summed E-state index contributed by atoms with van der Waals surface area (Å²) < 4.78 is 10.5. The maximum atomic E-state index is 10.9. The van der Waals surface area contributed by atoms with Gasteiger partial charge in [-0.25, -0.2) is 0 Å². The zero-order valence-electron chi connectivity index (χ0n) is 11.7. The van der Waals surface area contributed by atoms with Crippen molar-refractivity contribution in [3.8, 4) is 5.75 Å². The average molecular weight is 290 g/mol. The van der Waals surface area contributed by atoms with Crippen LogP contribution < -0.4 is 4.74 Å². The first-order chi connectivity index (χ1) is 9.76. The van der Waals surface area contributed by atoms with Gasteiger partial charge in [-0.1, -0.05) is 6.92 Å². The molecule has 0 amide bonds. The first-order valence-corrected chi connectivity index (χ1v) is 7.36. The smallest absolute Gasteiger partial charge is 0.188 e. The molecule has 0 saturated heterocycles. The molecule has 0 aliphatic rings. The van der Waals surface area contributed by atoms with Gasteiger partial charge in [0.1, 0.15) is 12.0 Å². The summed E-state index contributed by atoms with van der Waals surface area (Å²) in [7, 11) is 1.59. The second-order valence-corrected chi connectivity index (χ2v) is 5.69. The van der Waals surface area contributed by atoms with E-state index in [0.29, 0.717) is 5.56 Å². The van der Waals surface area contributed by atoms with Crippen molar-refractivity contribution in [1.82, 2.24) is 0 Å². The van der Waals surface area contributed by atoms with Crippen LogP contribution in [0.4, 0.5) is 0 Å². The van der Waals surface area contributed by atoms with Crippen LogP contribution in [0.15, 0.2) is 30.3 Å². The highest BCUT2D eigenvalue weighted by atomic mass is 32.1. The van der Waals surface area contributed by atoms with Crippen LogP contribution in [0.3, 0.4) is 0 Å². The van der Waals surface area contributed by atoms with Crippen molar-refractivity contribution in [3.05, 3.63) is 51.2 Å². The molecule has 1 heterocycles. The Morgan fingerprint density at radius 3 is 2.65 bits per heavy atom. The summed E-state index contributed by atoms with van der Waals surface area (Å²) in [6, 6.07) is 9.75. The highest BCUT2D eigenvalue weighted by molar-refractivity contribution is 7.12. The first kappa shape index (κ1) is 14.8. The molecule has 0 saturated carbocycles. The molecule has 0 unspecified atom stereocenters. The number of methoxy groups -OCH3 is 1. The van der Waals surface area contributed by atoms with Gasteiger partial charge in [-0.2, -0.15) is 0 Å². The van der Waals surface area contributed by atoms with E-state index in [1.54, 1.807) is 24.5 Å². The molecule has 0 fully saturated rings. The van der Waals surface area contributed by atoms with Gasteiger partial charge in [0.15, 0.2) is 6.79 Å². The van der Waals surface area contributed by atoms with Crippen LogP contribution in [-0.4, -0.2) is 20.2 Å². The van der Waals surface area contributed by atoms with E-state index in [9.17, 15) is 4.79 Å². The molecule has 0 radical (unpaired) electrons. The second-order valence-electron chi connectivity index (χ2n) is 4.43. The number of carbonyl (C=O) groups is 1.